The lowest BCUT2D eigenvalue weighted by atomic mass is 10.1. The SMILES string of the molecule is CCC(C)NC(=O)c1cc2ccccc2oc1=O. The molecule has 4 heteroatoms. The highest BCUT2D eigenvalue weighted by molar-refractivity contribution is 5.96. The molecule has 1 heterocycles. The second-order valence-electron chi connectivity index (χ2n) is 4.27. The maximum absolute atomic E-state index is 11.9. The maximum atomic E-state index is 11.9. The van der Waals surface area contributed by atoms with Gasteiger partial charge in [0.15, 0.2) is 0 Å². The third kappa shape index (κ3) is 2.42. The summed E-state index contributed by atoms with van der Waals surface area (Å²) < 4.78 is 5.11. The van der Waals surface area contributed by atoms with Gasteiger partial charge in [0, 0.05) is 11.4 Å². The zero-order valence-corrected chi connectivity index (χ0v) is 10.4. The summed E-state index contributed by atoms with van der Waals surface area (Å²) in [5.74, 6) is -0.385. The first-order valence-electron chi connectivity index (χ1n) is 5.95. The Labute approximate surface area is 105 Å². The number of nitrogens with one attached hydrogen (secondary N) is 1. The summed E-state index contributed by atoms with van der Waals surface area (Å²) in [7, 11) is 0. The van der Waals surface area contributed by atoms with E-state index in [9.17, 15) is 9.59 Å². The van der Waals surface area contributed by atoms with E-state index in [1.54, 1.807) is 24.3 Å². The van der Waals surface area contributed by atoms with Crippen LogP contribution in [0.2, 0.25) is 0 Å². The largest absolute Gasteiger partial charge is 0.422 e. The number of amides is 1. The van der Waals surface area contributed by atoms with E-state index >= 15 is 0 Å². The van der Waals surface area contributed by atoms with Gasteiger partial charge in [0.2, 0.25) is 0 Å². The van der Waals surface area contributed by atoms with Crippen LogP contribution in [0.25, 0.3) is 11.0 Å². The number of hydrogen-bond donors (Lipinski definition) is 1. The minimum absolute atomic E-state index is 0.0309. The van der Waals surface area contributed by atoms with Crippen molar-refractivity contribution < 1.29 is 9.21 Å². The zero-order chi connectivity index (χ0) is 13.1. The summed E-state index contributed by atoms with van der Waals surface area (Å²) in [5, 5.41) is 3.49. The summed E-state index contributed by atoms with van der Waals surface area (Å²) in [4.78, 5) is 23.6. The maximum Gasteiger partial charge on any atom is 0.349 e. The molecule has 1 unspecified atom stereocenters. The van der Waals surface area contributed by atoms with Crippen molar-refractivity contribution in [3.63, 3.8) is 0 Å². The molecular formula is C14H15NO3. The summed E-state index contributed by atoms with van der Waals surface area (Å²) in [6.45, 7) is 3.86. The van der Waals surface area contributed by atoms with Crippen LogP contribution in [0.1, 0.15) is 30.6 Å². The standard InChI is InChI=1S/C14H15NO3/c1-3-9(2)15-13(16)11-8-10-6-4-5-7-12(10)18-14(11)17/h4-9H,3H2,1-2H3,(H,15,16). The molecule has 0 aliphatic heterocycles. The Kier molecular flexibility index (Phi) is 3.46. The normalized spacial score (nSPS) is 12.3. The lowest BCUT2D eigenvalue weighted by Crippen LogP contribution is -2.34. The van der Waals surface area contributed by atoms with Crippen LogP contribution in [-0.4, -0.2) is 11.9 Å². The van der Waals surface area contributed by atoms with E-state index in [-0.39, 0.29) is 17.5 Å². The summed E-state index contributed by atoms with van der Waals surface area (Å²) in [6, 6.07) is 8.72. The molecule has 1 N–H and O–H groups in total. The molecule has 1 atom stereocenters. The predicted molar refractivity (Wildman–Crippen MR) is 69.7 cm³/mol. The number of carbonyl (C=O) groups is 1. The average molecular weight is 245 g/mol. The van der Waals surface area contributed by atoms with Crippen molar-refractivity contribution in [2.24, 2.45) is 0 Å². The van der Waals surface area contributed by atoms with Crippen molar-refractivity contribution in [2.45, 2.75) is 26.3 Å². The highest BCUT2D eigenvalue weighted by atomic mass is 16.4. The molecule has 18 heavy (non-hydrogen) atoms. The van der Waals surface area contributed by atoms with Gasteiger partial charge in [-0.1, -0.05) is 25.1 Å². The van der Waals surface area contributed by atoms with Gasteiger partial charge in [-0.25, -0.2) is 4.79 Å². The predicted octanol–water partition coefficient (Wildman–Crippen LogP) is 2.32. The highest BCUT2D eigenvalue weighted by Crippen LogP contribution is 2.12. The molecule has 0 saturated carbocycles. The second kappa shape index (κ2) is 5.04. The van der Waals surface area contributed by atoms with Crippen molar-refractivity contribution in [1.29, 1.82) is 0 Å². The molecule has 2 rings (SSSR count). The van der Waals surface area contributed by atoms with Crippen molar-refractivity contribution in [3.05, 3.63) is 46.3 Å². The first kappa shape index (κ1) is 12.4. The van der Waals surface area contributed by atoms with E-state index in [1.165, 1.54) is 0 Å². The quantitative estimate of drug-likeness (QED) is 0.844. The van der Waals surface area contributed by atoms with Gasteiger partial charge in [0.05, 0.1) is 0 Å². The molecule has 94 valence electrons. The lowest BCUT2D eigenvalue weighted by Gasteiger charge is -2.10. The number of para-hydroxylation sites is 1. The third-order valence-electron chi connectivity index (χ3n) is 2.88. The van der Waals surface area contributed by atoms with E-state index in [2.05, 4.69) is 5.32 Å². The van der Waals surface area contributed by atoms with Gasteiger partial charge in [-0.05, 0) is 25.5 Å². The first-order valence-corrected chi connectivity index (χ1v) is 5.95. The third-order valence-corrected chi connectivity index (χ3v) is 2.88. The topological polar surface area (TPSA) is 59.3 Å². The first-order chi connectivity index (χ1) is 8.61. The molecule has 0 radical (unpaired) electrons. The van der Waals surface area contributed by atoms with Crippen LogP contribution >= 0.6 is 0 Å². The van der Waals surface area contributed by atoms with Crippen LogP contribution in [0, 0.1) is 0 Å². The molecular weight excluding hydrogens is 230 g/mol. The smallest absolute Gasteiger partial charge is 0.349 e. The Morgan fingerprint density at radius 1 is 1.39 bits per heavy atom. The molecule has 1 aromatic heterocycles. The van der Waals surface area contributed by atoms with Gasteiger partial charge in [0.25, 0.3) is 5.91 Å². The van der Waals surface area contributed by atoms with Gasteiger partial charge in [-0.15, -0.1) is 0 Å². The monoisotopic (exact) mass is 245 g/mol. The Bertz CT molecular complexity index is 630. The van der Waals surface area contributed by atoms with E-state index in [0.29, 0.717) is 5.58 Å². The number of rotatable bonds is 3. The van der Waals surface area contributed by atoms with E-state index in [0.717, 1.165) is 11.8 Å². The second-order valence-corrected chi connectivity index (χ2v) is 4.27. The van der Waals surface area contributed by atoms with E-state index in [4.69, 9.17) is 4.42 Å². The molecule has 1 amide bonds. The van der Waals surface area contributed by atoms with Gasteiger partial charge in [-0.2, -0.15) is 0 Å². The Hall–Kier alpha value is -2.10. The van der Waals surface area contributed by atoms with Gasteiger partial charge < -0.3 is 9.73 Å². The van der Waals surface area contributed by atoms with Crippen LogP contribution < -0.4 is 10.9 Å². The van der Waals surface area contributed by atoms with Gasteiger partial charge >= 0.3 is 5.63 Å². The fourth-order valence-corrected chi connectivity index (χ4v) is 1.62. The van der Waals surface area contributed by atoms with E-state index in [1.807, 2.05) is 19.9 Å². The van der Waals surface area contributed by atoms with Crippen LogP contribution in [0.5, 0.6) is 0 Å². The molecule has 0 saturated heterocycles. The molecule has 0 aliphatic carbocycles. The minimum atomic E-state index is -0.602. The fraction of sp³-hybridized carbons (Fsp3) is 0.286. The molecule has 2 aromatic rings. The Morgan fingerprint density at radius 2 is 2.11 bits per heavy atom. The highest BCUT2D eigenvalue weighted by Gasteiger charge is 2.14. The van der Waals surface area contributed by atoms with Gasteiger partial charge in [0.1, 0.15) is 11.1 Å². The van der Waals surface area contributed by atoms with Crippen LogP contribution in [-0.2, 0) is 0 Å². The zero-order valence-electron chi connectivity index (χ0n) is 10.4. The number of benzene rings is 1. The fourth-order valence-electron chi connectivity index (χ4n) is 1.62. The molecule has 0 fully saturated rings. The van der Waals surface area contributed by atoms with Crippen LogP contribution in [0.3, 0.4) is 0 Å². The molecule has 0 aliphatic rings. The lowest BCUT2D eigenvalue weighted by molar-refractivity contribution is 0.0935. The number of carbonyl (C=O) groups excluding carboxylic acids is 1. The Morgan fingerprint density at radius 3 is 2.83 bits per heavy atom. The van der Waals surface area contributed by atoms with Crippen molar-refractivity contribution >= 4 is 16.9 Å². The molecule has 4 nitrogen and oxygen atoms in total. The summed E-state index contributed by atoms with van der Waals surface area (Å²) in [5.41, 5.74) is -0.0638. The average Bonchev–Trinajstić information content (AvgIpc) is 2.37. The Balaban J connectivity index is 2.42. The van der Waals surface area contributed by atoms with E-state index < -0.39 is 5.63 Å². The summed E-state index contributed by atoms with van der Waals surface area (Å²) in [6.07, 6.45) is 0.810. The van der Waals surface area contributed by atoms with Crippen molar-refractivity contribution in [2.75, 3.05) is 0 Å². The van der Waals surface area contributed by atoms with Crippen LogP contribution in [0.15, 0.2) is 39.5 Å². The van der Waals surface area contributed by atoms with Crippen molar-refractivity contribution in [1.82, 2.24) is 5.32 Å². The number of fused-ring (bicyclic) bond motifs is 1. The molecule has 0 bridgehead atoms. The molecule has 1 aromatic carbocycles. The number of hydrogen-bond acceptors (Lipinski definition) is 3. The minimum Gasteiger partial charge on any atom is -0.422 e. The van der Waals surface area contributed by atoms with Gasteiger partial charge in [-0.3, -0.25) is 4.79 Å². The van der Waals surface area contributed by atoms with Crippen molar-refractivity contribution in [3.8, 4) is 0 Å². The summed E-state index contributed by atoms with van der Waals surface area (Å²) >= 11 is 0. The van der Waals surface area contributed by atoms with Crippen LogP contribution in [0.4, 0.5) is 0 Å². The molecule has 0 spiro atoms.